The fraction of sp³-hybridized carbons (Fsp3) is 0.0833. The zero-order chi connectivity index (χ0) is 19.8. The molecule has 0 fully saturated rings. The van der Waals surface area contributed by atoms with Crippen molar-refractivity contribution >= 4 is 59.8 Å². The fourth-order valence-corrected chi connectivity index (χ4v) is 4.93. The van der Waals surface area contributed by atoms with Gasteiger partial charge in [0.05, 0.1) is 15.6 Å². The van der Waals surface area contributed by atoms with Crippen molar-refractivity contribution in [1.82, 2.24) is 4.98 Å². The summed E-state index contributed by atoms with van der Waals surface area (Å²) in [4.78, 5) is 18.2. The quantitative estimate of drug-likeness (QED) is 0.277. The van der Waals surface area contributed by atoms with Gasteiger partial charge < -0.3 is 5.32 Å². The number of rotatable bonds is 4. The number of nitrogens with zero attached hydrogens (tertiary/aromatic N) is 1. The first kappa shape index (κ1) is 18.1. The lowest BCUT2D eigenvalue weighted by atomic mass is 10.1. The van der Waals surface area contributed by atoms with E-state index in [1.807, 2.05) is 54.6 Å². The SMILES string of the molecule is O=c1c2cc(Cl)ccc2sc2c(NCCc3ccccc3)nc3ccccc3c12. The van der Waals surface area contributed by atoms with E-state index < -0.39 is 0 Å². The van der Waals surface area contributed by atoms with Crippen LogP contribution in [0.4, 0.5) is 5.82 Å². The lowest BCUT2D eigenvalue weighted by molar-refractivity contribution is 1.01. The maximum Gasteiger partial charge on any atom is 0.196 e. The van der Waals surface area contributed by atoms with Crippen LogP contribution in [-0.2, 0) is 6.42 Å². The zero-order valence-electron chi connectivity index (χ0n) is 15.5. The highest BCUT2D eigenvalue weighted by atomic mass is 35.5. The molecule has 5 rings (SSSR count). The topological polar surface area (TPSA) is 42.0 Å². The molecular formula is C24H17ClN2OS. The minimum absolute atomic E-state index is 0.000888. The Balaban J connectivity index is 1.69. The van der Waals surface area contributed by atoms with Crippen molar-refractivity contribution in [2.45, 2.75) is 6.42 Å². The molecule has 142 valence electrons. The minimum Gasteiger partial charge on any atom is -0.369 e. The molecule has 29 heavy (non-hydrogen) atoms. The van der Waals surface area contributed by atoms with Gasteiger partial charge in [-0.25, -0.2) is 4.98 Å². The van der Waals surface area contributed by atoms with E-state index in [1.54, 1.807) is 17.4 Å². The van der Waals surface area contributed by atoms with Gasteiger partial charge in [0, 0.05) is 27.0 Å². The molecule has 0 aliphatic heterocycles. The van der Waals surface area contributed by atoms with Gasteiger partial charge in [-0.3, -0.25) is 4.79 Å². The lowest BCUT2D eigenvalue weighted by Gasteiger charge is -2.12. The molecule has 0 bridgehead atoms. The van der Waals surface area contributed by atoms with Crippen LogP contribution in [-0.4, -0.2) is 11.5 Å². The summed E-state index contributed by atoms with van der Waals surface area (Å²) in [6.45, 7) is 0.740. The third-order valence-corrected chi connectivity index (χ3v) is 6.43. The van der Waals surface area contributed by atoms with Crippen molar-refractivity contribution in [3.8, 4) is 0 Å². The number of anilines is 1. The molecule has 0 radical (unpaired) electrons. The molecule has 3 aromatic carbocycles. The van der Waals surface area contributed by atoms with Gasteiger partial charge in [0.25, 0.3) is 0 Å². The number of para-hydroxylation sites is 1. The van der Waals surface area contributed by atoms with Gasteiger partial charge in [-0.05, 0) is 36.2 Å². The Morgan fingerprint density at radius 2 is 1.72 bits per heavy atom. The van der Waals surface area contributed by atoms with E-state index in [0.717, 1.165) is 39.1 Å². The summed E-state index contributed by atoms with van der Waals surface area (Å²) < 4.78 is 1.80. The highest BCUT2D eigenvalue weighted by Gasteiger charge is 2.15. The maximum atomic E-state index is 13.4. The molecule has 0 saturated carbocycles. The van der Waals surface area contributed by atoms with Crippen molar-refractivity contribution in [3.63, 3.8) is 0 Å². The van der Waals surface area contributed by atoms with E-state index in [9.17, 15) is 4.79 Å². The van der Waals surface area contributed by atoms with Crippen molar-refractivity contribution < 1.29 is 0 Å². The second-order valence-corrected chi connectivity index (χ2v) is 8.40. The Morgan fingerprint density at radius 1 is 0.931 bits per heavy atom. The molecular weight excluding hydrogens is 400 g/mol. The van der Waals surface area contributed by atoms with Crippen LogP contribution < -0.4 is 10.7 Å². The number of fused-ring (bicyclic) bond motifs is 4. The Hall–Kier alpha value is -2.95. The summed E-state index contributed by atoms with van der Waals surface area (Å²) in [6.07, 6.45) is 0.884. The standard InChI is InChI=1S/C24H17ClN2OS/c25-16-10-11-20-18(14-16)22(28)21-17-8-4-5-9-19(17)27-24(23(21)29-20)26-13-12-15-6-2-1-3-7-15/h1-11,14H,12-13H2,(H,26,27). The van der Waals surface area contributed by atoms with Crippen LogP contribution in [0.2, 0.25) is 5.02 Å². The molecule has 0 spiro atoms. The minimum atomic E-state index is 0.000888. The number of pyridine rings is 1. The van der Waals surface area contributed by atoms with Crippen molar-refractivity contribution in [2.75, 3.05) is 11.9 Å². The Labute approximate surface area is 176 Å². The largest absolute Gasteiger partial charge is 0.369 e. The van der Waals surface area contributed by atoms with Gasteiger partial charge in [0.15, 0.2) is 5.43 Å². The number of hydrogen-bond acceptors (Lipinski definition) is 4. The van der Waals surface area contributed by atoms with E-state index in [-0.39, 0.29) is 5.43 Å². The molecule has 0 aliphatic carbocycles. The zero-order valence-corrected chi connectivity index (χ0v) is 17.1. The van der Waals surface area contributed by atoms with Crippen LogP contribution in [0, 0.1) is 0 Å². The average molecular weight is 417 g/mol. The first-order valence-electron chi connectivity index (χ1n) is 9.43. The maximum absolute atomic E-state index is 13.4. The van der Waals surface area contributed by atoms with Crippen molar-refractivity contribution in [1.29, 1.82) is 0 Å². The predicted octanol–water partition coefficient (Wildman–Crippen LogP) is 6.27. The van der Waals surface area contributed by atoms with Gasteiger partial charge in [-0.2, -0.15) is 0 Å². The van der Waals surface area contributed by atoms with E-state index in [4.69, 9.17) is 16.6 Å². The number of benzene rings is 3. The highest BCUT2D eigenvalue weighted by Crippen LogP contribution is 2.34. The predicted molar refractivity (Wildman–Crippen MR) is 125 cm³/mol. The molecule has 0 amide bonds. The summed E-state index contributed by atoms with van der Waals surface area (Å²) in [6, 6.07) is 23.6. The number of nitrogens with one attached hydrogen (secondary N) is 1. The molecule has 1 N–H and O–H groups in total. The normalized spacial score (nSPS) is 11.3. The monoisotopic (exact) mass is 416 g/mol. The second kappa shape index (κ2) is 7.47. The van der Waals surface area contributed by atoms with Gasteiger partial charge >= 0.3 is 0 Å². The third kappa shape index (κ3) is 3.35. The molecule has 0 atom stereocenters. The van der Waals surface area contributed by atoms with Crippen LogP contribution in [0.3, 0.4) is 0 Å². The summed E-state index contributed by atoms with van der Waals surface area (Å²) in [5.74, 6) is 0.758. The van der Waals surface area contributed by atoms with E-state index in [2.05, 4.69) is 17.4 Å². The number of hydrogen-bond donors (Lipinski definition) is 1. The van der Waals surface area contributed by atoms with Crippen LogP contribution >= 0.6 is 22.9 Å². The molecule has 5 aromatic rings. The molecule has 0 saturated heterocycles. The molecule has 3 nitrogen and oxygen atoms in total. The Bertz CT molecular complexity index is 1410. The summed E-state index contributed by atoms with van der Waals surface area (Å²) in [5.41, 5.74) is 2.08. The molecule has 2 heterocycles. The molecule has 0 aliphatic rings. The Morgan fingerprint density at radius 3 is 2.59 bits per heavy atom. The van der Waals surface area contributed by atoms with Gasteiger partial charge in [-0.1, -0.05) is 60.1 Å². The smallest absolute Gasteiger partial charge is 0.196 e. The Kier molecular flexibility index (Phi) is 4.66. The van der Waals surface area contributed by atoms with Gasteiger partial charge in [0.1, 0.15) is 5.82 Å². The first-order valence-corrected chi connectivity index (χ1v) is 10.6. The van der Waals surface area contributed by atoms with Crippen LogP contribution in [0.15, 0.2) is 77.6 Å². The summed E-state index contributed by atoms with van der Waals surface area (Å²) >= 11 is 7.74. The van der Waals surface area contributed by atoms with E-state index in [0.29, 0.717) is 15.8 Å². The van der Waals surface area contributed by atoms with Crippen LogP contribution in [0.5, 0.6) is 0 Å². The van der Waals surface area contributed by atoms with Gasteiger partial charge in [-0.15, -0.1) is 11.3 Å². The molecule has 5 heteroatoms. The molecule has 0 unspecified atom stereocenters. The number of halogens is 1. The summed E-state index contributed by atoms with van der Waals surface area (Å²) in [7, 11) is 0. The van der Waals surface area contributed by atoms with Crippen LogP contribution in [0.25, 0.3) is 31.1 Å². The average Bonchev–Trinajstić information content (AvgIpc) is 2.75. The highest BCUT2D eigenvalue weighted by molar-refractivity contribution is 7.25. The summed E-state index contributed by atoms with van der Waals surface area (Å²) in [5, 5.41) is 6.27. The lowest BCUT2D eigenvalue weighted by Crippen LogP contribution is -2.09. The number of aromatic nitrogens is 1. The third-order valence-electron chi connectivity index (χ3n) is 5.02. The van der Waals surface area contributed by atoms with Crippen molar-refractivity contribution in [3.05, 3.63) is 93.6 Å². The van der Waals surface area contributed by atoms with Gasteiger partial charge in [0.2, 0.25) is 0 Å². The van der Waals surface area contributed by atoms with Crippen LogP contribution in [0.1, 0.15) is 5.56 Å². The fourth-order valence-electron chi connectivity index (χ4n) is 3.62. The molecule has 2 aromatic heterocycles. The van der Waals surface area contributed by atoms with E-state index in [1.165, 1.54) is 5.56 Å². The van der Waals surface area contributed by atoms with Crippen molar-refractivity contribution in [2.24, 2.45) is 0 Å². The first-order chi connectivity index (χ1) is 14.2. The second-order valence-electron chi connectivity index (χ2n) is 6.92. The van der Waals surface area contributed by atoms with E-state index >= 15 is 0 Å².